The van der Waals surface area contributed by atoms with Crippen LogP contribution in [-0.2, 0) is 22.0 Å². The lowest BCUT2D eigenvalue weighted by Crippen LogP contribution is -2.43. The summed E-state index contributed by atoms with van der Waals surface area (Å²) < 4.78 is 40.5. The molecule has 2 aromatic rings. The SMILES string of the molecule is CN=C(NCCS(=O)(=O)NCc1ccccc1)NCC1(c2cccc(F)c2)CC1. The van der Waals surface area contributed by atoms with Gasteiger partial charge in [-0.05, 0) is 36.1 Å². The van der Waals surface area contributed by atoms with Crippen molar-refractivity contribution in [1.82, 2.24) is 15.4 Å². The third-order valence-electron chi connectivity index (χ3n) is 5.11. The molecule has 0 saturated heterocycles. The molecule has 1 fully saturated rings. The summed E-state index contributed by atoms with van der Waals surface area (Å²) in [5, 5.41) is 6.27. The first-order valence-electron chi connectivity index (χ1n) is 9.64. The highest BCUT2D eigenvalue weighted by atomic mass is 32.2. The van der Waals surface area contributed by atoms with E-state index in [4.69, 9.17) is 0 Å². The molecule has 3 N–H and O–H groups in total. The zero-order valence-corrected chi connectivity index (χ0v) is 17.3. The summed E-state index contributed by atoms with van der Waals surface area (Å²) in [6.45, 7) is 1.12. The van der Waals surface area contributed by atoms with Crippen LogP contribution in [-0.4, -0.2) is 40.3 Å². The molecular formula is C21H27FN4O2S. The summed E-state index contributed by atoms with van der Waals surface area (Å²) in [7, 11) is -1.76. The fourth-order valence-electron chi connectivity index (χ4n) is 3.18. The lowest BCUT2D eigenvalue weighted by Gasteiger charge is -2.19. The Bertz CT molecular complexity index is 944. The third-order valence-corrected chi connectivity index (χ3v) is 6.44. The van der Waals surface area contributed by atoms with Crippen LogP contribution in [0.2, 0.25) is 0 Å². The first-order chi connectivity index (χ1) is 13.9. The number of halogens is 1. The molecule has 1 aliphatic rings. The van der Waals surface area contributed by atoms with Crippen LogP contribution < -0.4 is 15.4 Å². The number of aliphatic imine (C=N–C) groups is 1. The Labute approximate surface area is 171 Å². The van der Waals surface area contributed by atoms with Crippen molar-refractivity contribution in [2.75, 3.05) is 25.9 Å². The first kappa shape index (κ1) is 21.3. The maximum atomic E-state index is 13.5. The van der Waals surface area contributed by atoms with Crippen molar-refractivity contribution in [3.8, 4) is 0 Å². The van der Waals surface area contributed by atoms with Crippen LogP contribution in [0.1, 0.15) is 24.0 Å². The van der Waals surface area contributed by atoms with Gasteiger partial charge in [-0.3, -0.25) is 4.99 Å². The van der Waals surface area contributed by atoms with Gasteiger partial charge < -0.3 is 10.6 Å². The fourth-order valence-corrected chi connectivity index (χ4v) is 4.08. The molecule has 6 nitrogen and oxygen atoms in total. The first-order valence-corrected chi connectivity index (χ1v) is 11.3. The molecule has 2 aromatic carbocycles. The monoisotopic (exact) mass is 418 g/mol. The average Bonchev–Trinajstić information content (AvgIpc) is 3.51. The van der Waals surface area contributed by atoms with E-state index in [1.54, 1.807) is 19.2 Å². The Morgan fingerprint density at radius 1 is 1.10 bits per heavy atom. The Morgan fingerprint density at radius 3 is 2.52 bits per heavy atom. The molecule has 3 rings (SSSR count). The Balaban J connectivity index is 1.43. The second-order valence-corrected chi connectivity index (χ2v) is 9.20. The highest BCUT2D eigenvalue weighted by Crippen LogP contribution is 2.47. The molecule has 8 heteroatoms. The van der Waals surface area contributed by atoms with Gasteiger partial charge in [0.15, 0.2) is 5.96 Å². The smallest absolute Gasteiger partial charge is 0.213 e. The maximum Gasteiger partial charge on any atom is 0.213 e. The van der Waals surface area contributed by atoms with E-state index in [0.29, 0.717) is 12.5 Å². The normalized spacial score (nSPS) is 15.7. The second-order valence-electron chi connectivity index (χ2n) is 7.27. The van der Waals surface area contributed by atoms with Crippen LogP contribution in [0.3, 0.4) is 0 Å². The minimum atomic E-state index is -3.40. The van der Waals surface area contributed by atoms with E-state index < -0.39 is 10.0 Å². The van der Waals surface area contributed by atoms with Gasteiger partial charge in [0.25, 0.3) is 0 Å². The molecule has 1 aliphatic carbocycles. The Morgan fingerprint density at radius 2 is 1.86 bits per heavy atom. The van der Waals surface area contributed by atoms with Crippen LogP contribution in [0.15, 0.2) is 59.6 Å². The molecule has 0 bridgehead atoms. The van der Waals surface area contributed by atoms with E-state index in [-0.39, 0.29) is 30.1 Å². The minimum Gasteiger partial charge on any atom is -0.356 e. The van der Waals surface area contributed by atoms with E-state index in [9.17, 15) is 12.8 Å². The van der Waals surface area contributed by atoms with Crippen molar-refractivity contribution in [1.29, 1.82) is 0 Å². The van der Waals surface area contributed by atoms with Crippen molar-refractivity contribution in [2.24, 2.45) is 4.99 Å². The van der Waals surface area contributed by atoms with Gasteiger partial charge in [-0.2, -0.15) is 0 Å². The summed E-state index contributed by atoms with van der Waals surface area (Å²) >= 11 is 0. The molecule has 0 unspecified atom stereocenters. The lowest BCUT2D eigenvalue weighted by atomic mass is 9.96. The molecule has 0 radical (unpaired) electrons. The molecule has 1 saturated carbocycles. The topological polar surface area (TPSA) is 82.6 Å². The van der Waals surface area contributed by atoms with Gasteiger partial charge >= 0.3 is 0 Å². The average molecular weight is 419 g/mol. The largest absolute Gasteiger partial charge is 0.356 e. The number of hydrogen-bond acceptors (Lipinski definition) is 3. The highest BCUT2D eigenvalue weighted by molar-refractivity contribution is 7.89. The number of guanidine groups is 1. The van der Waals surface area contributed by atoms with Gasteiger partial charge in [0.1, 0.15) is 5.82 Å². The lowest BCUT2D eigenvalue weighted by molar-refractivity contribution is 0.579. The molecule has 0 spiro atoms. The van der Waals surface area contributed by atoms with Crippen molar-refractivity contribution in [3.63, 3.8) is 0 Å². The number of hydrogen-bond donors (Lipinski definition) is 3. The molecule has 0 amide bonds. The molecule has 156 valence electrons. The third kappa shape index (κ3) is 6.27. The number of sulfonamides is 1. The van der Waals surface area contributed by atoms with Crippen LogP contribution >= 0.6 is 0 Å². The predicted molar refractivity (Wildman–Crippen MR) is 114 cm³/mol. The van der Waals surface area contributed by atoms with Gasteiger partial charge in [0.2, 0.25) is 10.0 Å². The number of nitrogens with one attached hydrogen (secondary N) is 3. The van der Waals surface area contributed by atoms with Gasteiger partial charge in [0.05, 0.1) is 5.75 Å². The van der Waals surface area contributed by atoms with Crippen LogP contribution in [0.5, 0.6) is 0 Å². The van der Waals surface area contributed by atoms with Crippen molar-refractivity contribution >= 4 is 16.0 Å². The van der Waals surface area contributed by atoms with Crippen molar-refractivity contribution in [2.45, 2.75) is 24.8 Å². The van der Waals surface area contributed by atoms with Gasteiger partial charge in [-0.25, -0.2) is 17.5 Å². The highest BCUT2D eigenvalue weighted by Gasteiger charge is 2.44. The summed E-state index contributed by atoms with van der Waals surface area (Å²) in [5.74, 6) is 0.241. The Kier molecular flexibility index (Phi) is 6.87. The van der Waals surface area contributed by atoms with Gasteiger partial charge in [0, 0.05) is 32.1 Å². The van der Waals surface area contributed by atoms with Gasteiger partial charge in [-0.15, -0.1) is 0 Å². The van der Waals surface area contributed by atoms with E-state index in [1.807, 2.05) is 36.4 Å². The molecule has 0 heterocycles. The van der Waals surface area contributed by atoms with Crippen LogP contribution in [0, 0.1) is 5.82 Å². The standard InChI is InChI=1S/C21H27FN4O2S/c1-23-20(25-16-21(10-11-21)18-8-5-9-19(22)14-18)24-12-13-29(27,28)26-15-17-6-3-2-4-7-17/h2-9,14,26H,10-13,15-16H2,1H3,(H2,23,24,25). The van der Waals surface area contributed by atoms with E-state index in [1.165, 1.54) is 6.07 Å². The quantitative estimate of drug-likeness (QED) is 0.430. The molecule has 0 aliphatic heterocycles. The molecular weight excluding hydrogens is 391 g/mol. The minimum absolute atomic E-state index is 0.0599. The second kappa shape index (κ2) is 9.37. The molecule has 0 aromatic heterocycles. The van der Waals surface area contributed by atoms with Gasteiger partial charge in [-0.1, -0.05) is 42.5 Å². The Hall–Kier alpha value is -2.45. The van der Waals surface area contributed by atoms with Crippen LogP contribution in [0.4, 0.5) is 4.39 Å². The molecule has 0 atom stereocenters. The van der Waals surface area contributed by atoms with Crippen molar-refractivity contribution in [3.05, 3.63) is 71.5 Å². The number of nitrogens with zero attached hydrogens (tertiary/aromatic N) is 1. The zero-order chi connectivity index (χ0) is 20.7. The zero-order valence-electron chi connectivity index (χ0n) is 16.5. The predicted octanol–water partition coefficient (Wildman–Crippen LogP) is 2.14. The van der Waals surface area contributed by atoms with Crippen LogP contribution in [0.25, 0.3) is 0 Å². The summed E-state index contributed by atoms with van der Waals surface area (Å²) in [6, 6.07) is 16.1. The van der Waals surface area contributed by atoms with E-state index in [0.717, 1.165) is 24.0 Å². The molecule has 29 heavy (non-hydrogen) atoms. The maximum absolute atomic E-state index is 13.5. The number of rotatable bonds is 9. The van der Waals surface area contributed by atoms with E-state index >= 15 is 0 Å². The van der Waals surface area contributed by atoms with E-state index in [2.05, 4.69) is 20.3 Å². The summed E-state index contributed by atoms with van der Waals surface area (Å²) in [4.78, 5) is 4.15. The fraction of sp³-hybridized carbons (Fsp3) is 0.381. The summed E-state index contributed by atoms with van der Waals surface area (Å²) in [6.07, 6.45) is 1.97. The summed E-state index contributed by atoms with van der Waals surface area (Å²) in [5.41, 5.74) is 1.81. The number of benzene rings is 2. The van der Waals surface area contributed by atoms with Crippen molar-refractivity contribution < 1.29 is 12.8 Å².